The Morgan fingerprint density at radius 3 is 1.50 bits per heavy atom. The number of allylic oxidation sites excluding steroid dienone is 4. The minimum Gasteiger partial charge on any atom is -1.00 e. The van der Waals surface area contributed by atoms with E-state index in [0.29, 0.717) is 10.1 Å². The summed E-state index contributed by atoms with van der Waals surface area (Å²) in [7, 11) is -2.88. The van der Waals surface area contributed by atoms with Gasteiger partial charge in [0.15, 0.2) is 0 Å². The summed E-state index contributed by atoms with van der Waals surface area (Å²) in [5.74, 6) is 0. The van der Waals surface area contributed by atoms with Gasteiger partial charge >= 0.3 is 21.7 Å². The SMILES string of the molecule is CC(C)(C)[Si](C)(C)C1=[C-]CC=C1[Si](C)(C)C(C)(C)C.[Cl-].[Cl-].[Ti+3]. The van der Waals surface area contributed by atoms with Crippen molar-refractivity contribution in [2.24, 2.45) is 0 Å². The summed E-state index contributed by atoms with van der Waals surface area (Å²) in [4.78, 5) is 0. The van der Waals surface area contributed by atoms with E-state index in [-0.39, 0.29) is 46.5 Å². The minimum atomic E-state index is -1.45. The van der Waals surface area contributed by atoms with E-state index in [1.807, 2.05) is 0 Å². The van der Waals surface area contributed by atoms with Crippen LogP contribution in [0.4, 0.5) is 0 Å². The molecule has 0 nitrogen and oxygen atoms in total. The Morgan fingerprint density at radius 1 is 0.818 bits per heavy atom. The third-order valence-corrected chi connectivity index (χ3v) is 17.1. The maximum atomic E-state index is 3.75. The molecular formula is C17H33Cl2Si2Ti. The van der Waals surface area contributed by atoms with Crippen molar-refractivity contribution in [1.29, 1.82) is 0 Å². The molecule has 22 heavy (non-hydrogen) atoms. The molecule has 0 aromatic heterocycles. The van der Waals surface area contributed by atoms with Crippen molar-refractivity contribution in [3.8, 4) is 0 Å². The molecule has 1 rings (SSSR count). The molecule has 0 unspecified atom stereocenters. The van der Waals surface area contributed by atoms with E-state index in [1.165, 1.54) is 0 Å². The van der Waals surface area contributed by atoms with Gasteiger partial charge in [-0.2, -0.15) is 6.08 Å². The van der Waals surface area contributed by atoms with Crippen LogP contribution in [-0.4, -0.2) is 16.1 Å². The largest absolute Gasteiger partial charge is 3.00 e. The summed E-state index contributed by atoms with van der Waals surface area (Å²) in [5.41, 5.74) is 0. The summed E-state index contributed by atoms with van der Waals surface area (Å²) < 4.78 is 0. The van der Waals surface area contributed by atoms with Crippen LogP contribution in [0.1, 0.15) is 48.0 Å². The fourth-order valence-electron chi connectivity index (χ4n) is 2.36. The van der Waals surface area contributed by atoms with Crippen LogP contribution in [0.3, 0.4) is 0 Å². The zero-order chi connectivity index (χ0) is 15.3. The fraction of sp³-hybridized carbons (Fsp3) is 0.765. The molecule has 5 heteroatoms. The van der Waals surface area contributed by atoms with Crippen LogP contribution in [0.5, 0.6) is 0 Å². The van der Waals surface area contributed by atoms with Gasteiger partial charge in [-0.15, -0.1) is 6.42 Å². The van der Waals surface area contributed by atoms with Crippen molar-refractivity contribution >= 4 is 16.1 Å². The first-order valence-corrected chi connectivity index (χ1v) is 13.6. The van der Waals surface area contributed by atoms with Crippen molar-refractivity contribution in [2.75, 3.05) is 0 Å². The monoisotopic (exact) mass is 411 g/mol. The van der Waals surface area contributed by atoms with Crippen molar-refractivity contribution in [2.45, 2.75) is 84.2 Å². The average Bonchev–Trinajstić information content (AvgIpc) is 2.62. The van der Waals surface area contributed by atoms with Crippen molar-refractivity contribution < 1.29 is 46.5 Å². The molecule has 1 radical (unpaired) electrons. The summed E-state index contributed by atoms with van der Waals surface area (Å²) >= 11 is 0. The first-order valence-electron chi connectivity index (χ1n) is 7.55. The summed E-state index contributed by atoms with van der Waals surface area (Å²) in [6.07, 6.45) is 7.29. The molecule has 0 fully saturated rings. The topological polar surface area (TPSA) is 0 Å². The summed E-state index contributed by atoms with van der Waals surface area (Å²) in [5, 5.41) is 4.18. The maximum absolute atomic E-state index is 3.75. The molecule has 0 aromatic rings. The van der Waals surface area contributed by atoms with Gasteiger partial charge in [0.05, 0.1) is 0 Å². The second-order valence-corrected chi connectivity index (χ2v) is 19.7. The first-order chi connectivity index (χ1) is 8.23. The normalized spacial score (nSPS) is 15.9. The molecule has 1 aliphatic rings. The van der Waals surface area contributed by atoms with Crippen molar-refractivity contribution in [1.82, 2.24) is 0 Å². The molecule has 0 amide bonds. The standard InChI is InChI=1S/C17H33Si2.2ClH.Ti/c1-16(2,3)18(7,8)14-12-11-13-15(14)19(9,10)17(4,5)6;;;/h12H,11H2,1-10H3;2*1H;/q-1;;;+3/p-2. The van der Waals surface area contributed by atoms with Crippen LogP contribution in [-0.2, 0) is 21.7 Å². The third-order valence-electron chi connectivity index (χ3n) is 5.90. The maximum Gasteiger partial charge on any atom is 3.00 e. The van der Waals surface area contributed by atoms with Gasteiger partial charge in [-0.05, 0) is 13.1 Å². The van der Waals surface area contributed by atoms with Crippen molar-refractivity contribution in [3.63, 3.8) is 0 Å². The number of hydrogen-bond donors (Lipinski definition) is 0. The first kappa shape index (κ1) is 28.0. The number of hydrogen-bond acceptors (Lipinski definition) is 0. The summed E-state index contributed by atoms with van der Waals surface area (Å²) in [6.45, 7) is 24.6. The molecule has 0 saturated heterocycles. The Labute approximate surface area is 168 Å². The predicted molar refractivity (Wildman–Crippen MR) is 93.9 cm³/mol. The van der Waals surface area contributed by atoms with Crippen LogP contribution < -0.4 is 24.8 Å². The predicted octanol–water partition coefficient (Wildman–Crippen LogP) is 0.147. The van der Waals surface area contributed by atoms with E-state index in [4.69, 9.17) is 0 Å². The Morgan fingerprint density at radius 2 is 1.18 bits per heavy atom. The number of rotatable bonds is 2. The van der Waals surface area contributed by atoms with Gasteiger partial charge in [0.2, 0.25) is 0 Å². The van der Waals surface area contributed by atoms with Crippen LogP contribution in [0.2, 0.25) is 36.3 Å². The molecule has 0 atom stereocenters. The second kappa shape index (κ2) is 8.54. The van der Waals surface area contributed by atoms with Gasteiger partial charge in [-0.1, -0.05) is 72.8 Å². The quantitative estimate of drug-likeness (QED) is 0.448. The molecule has 0 aliphatic heterocycles. The van der Waals surface area contributed by atoms with E-state index in [2.05, 4.69) is 79.9 Å². The molecular weight excluding hydrogens is 379 g/mol. The smallest absolute Gasteiger partial charge is 1.00 e. The Hall–Kier alpha value is 1.21. The fourth-order valence-corrected chi connectivity index (χ4v) is 8.43. The second-order valence-electron chi connectivity index (χ2n) is 9.12. The van der Waals surface area contributed by atoms with Gasteiger partial charge < -0.3 is 24.8 Å². The van der Waals surface area contributed by atoms with E-state index >= 15 is 0 Å². The van der Waals surface area contributed by atoms with Crippen LogP contribution in [0.15, 0.2) is 16.5 Å². The zero-order valence-corrected chi connectivity index (χ0v) is 21.1. The van der Waals surface area contributed by atoms with Crippen LogP contribution in [0.25, 0.3) is 0 Å². The van der Waals surface area contributed by atoms with Gasteiger partial charge in [0.25, 0.3) is 0 Å². The van der Waals surface area contributed by atoms with Gasteiger partial charge in [-0.3, -0.25) is 6.08 Å². The van der Waals surface area contributed by atoms with Crippen LogP contribution in [0, 0.1) is 6.08 Å². The average molecular weight is 412 g/mol. The minimum absolute atomic E-state index is 0. The van der Waals surface area contributed by atoms with Gasteiger partial charge in [0.1, 0.15) is 0 Å². The Kier molecular flexibility index (Phi) is 10.9. The molecule has 127 valence electrons. The van der Waals surface area contributed by atoms with Gasteiger partial charge in [-0.25, -0.2) is 10.4 Å². The molecule has 0 saturated carbocycles. The zero-order valence-electron chi connectivity index (χ0n) is 16.0. The Bertz CT molecular complexity index is 385. The molecule has 1 aliphatic carbocycles. The molecule has 0 N–H and O–H groups in total. The van der Waals surface area contributed by atoms with E-state index in [0.717, 1.165) is 6.42 Å². The number of halogens is 2. The summed E-state index contributed by atoms with van der Waals surface area (Å²) in [6, 6.07) is 0. The molecule has 0 heterocycles. The molecule has 0 spiro atoms. The van der Waals surface area contributed by atoms with Crippen molar-refractivity contribution in [3.05, 3.63) is 22.5 Å². The molecule has 0 bridgehead atoms. The molecule has 0 aromatic carbocycles. The third kappa shape index (κ3) is 5.10. The Balaban J connectivity index is -0.00000120. The van der Waals surface area contributed by atoms with E-state index in [9.17, 15) is 0 Å². The van der Waals surface area contributed by atoms with Gasteiger partial charge in [0, 0.05) is 8.07 Å². The van der Waals surface area contributed by atoms with E-state index in [1.54, 1.807) is 10.4 Å². The van der Waals surface area contributed by atoms with Crippen LogP contribution >= 0.6 is 0 Å². The van der Waals surface area contributed by atoms with E-state index < -0.39 is 16.1 Å².